The van der Waals surface area contributed by atoms with E-state index in [2.05, 4.69) is 15.9 Å². The van der Waals surface area contributed by atoms with Gasteiger partial charge in [0.05, 0.1) is 5.69 Å². The second-order valence-electron chi connectivity index (χ2n) is 2.38. The molecule has 0 saturated carbocycles. The largest absolute Gasteiger partial charge is 0.465 e. The minimum absolute atomic E-state index is 0.0304. The first-order chi connectivity index (χ1) is 6.13. The molecule has 0 unspecified atom stereocenters. The summed E-state index contributed by atoms with van der Waals surface area (Å²) in [5.41, 5.74) is 0.727. The van der Waals surface area contributed by atoms with Gasteiger partial charge in [-0.15, -0.1) is 0 Å². The fourth-order valence-electron chi connectivity index (χ4n) is 0.858. The molecule has 0 aliphatic heterocycles. The molecule has 5 heteroatoms. The van der Waals surface area contributed by atoms with Crippen molar-refractivity contribution in [1.29, 1.82) is 0 Å². The van der Waals surface area contributed by atoms with Gasteiger partial charge in [0.25, 0.3) is 0 Å². The zero-order chi connectivity index (χ0) is 9.84. The van der Waals surface area contributed by atoms with E-state index < -0.39 is 11.9 Å². The third-order valence-corrected chi connectivity index (χ3v) is 2.08. The molecule has 0 saturated heterocycles. The third kappa shape index (κ3) is 2.69. The molecule has 0 atom stereocenters. The van der Waals surface area contributed by atoms with Crippen LogP contribution in [-0.2, 0) is 5.33 Å². The van der Waals surface area contributed by atoms with Crippen molar-refractivity contribution in [1.82, 2.24) is 0 Å². The molecule has 1 aromatic carbocycles. The maximum atomic E-state index is 13.1. The van der Waals surface area contributed by atoms with Crippen LogP contribution in [0, 0.1) is 5.82 Å². The minimum Gasteiger partial charge on any atom is -0.465 e. The Morgan fingerprint density at radius 2 is 2.31 bits per heavy atom. The molecular formula is C8H7BrFNO2. The average molecular weight is 248 g/mol. The number of nitrogens with one attached hydrogen (secondary N) is 1. The normalized spacial score (nSPS) is 9.69. The zero-order valence-corrected chi connectivity index (χ0v) is 8.14. The Morgan fingerprint density at radius 3 is 2.77 bits per heavy atom. The minimum atomic E-state index is -1.27. The summed E-state index contributed by atoms with van der Waals surface area (Å²) in [5, 5.41) is 10.8. The van der Waals surface area contributed by atoms with E-state index in [-0.39, 0.29) is 5.69 Å². The molecule has 2 N–H and O–H groups in total. The molecule has 1 rings (SSSR count). The van der Waals surface area contributed by atoms with Gasteiger partial charge in [0, 0.05) is 5.33 Å². The van der Waals surface area contributed by atoms with Crippen LogP contribution in [0.5, 0.6) is 0 Å². The standard InChI is InChI=1S/C8H7BrFNO2/c9-4-5-1-2-7(6(10)3-5)11-8(12)13/h1-3,11H,4H2,(H,12,13). The number of hydrogen-bond acceptors (Lipinski definition) is 1. The van der Waals surface area contributed by atoms with Crippen LogP contribution in [-0.4, -0.2) is 11.2 Å². The monoisotopic (exact) mass is 247 g/mol. The van der Waals surface area contributed by atoms with Crippen LogP contribution < -0.4 is 5.32 Å². The van der Waals surface area contributed by atoms with Crippen LogP contribution >= 0.6 is 15.9 Å². The Bertz CT molecular complexity index is 330. The van der Waals surface area contributed by atoms with E-state index in [9.17, 15) is 9.18 Å². The predicted molar refractivity (Wildman–Crippen MR) is 50.7 cm³/mol. The van der Waals surface area contributed by atoms with Crippen LogP contribution in [0.2, 0.25) is 0 Å². The van der Waals surface area contributed by atoms with E-state index in [0.717, 1.165) is 5.56 Å². The first kappa shape index (κ1) is 9.98. The van der Waals surface area contributed by atoms with Gasteiger partial charge in [0.15, 0.2) is 0 Å². The SMILES string of the molecule is O=C(O)Nc1ccc(CBr)cc1F. The molecule has 0 heterocycles. The number of halogens is 2. The molecule has 0 aliphatic carbocycles. The maximum absolute atomic E-state index is 13.1. The lowest BCUT2D eigenvalue weighted by Gasteiger charge is -2.03. The van der Waals surface area contributed by atoms with E-state index in [4.69, 9.17) is 5.11 Å². The van der Waals surface area contributed by atoms with Gasteiger partial charge in [-0.25, -0.2) is 9.18 Å². The van der Waals surface area contributed by atoms with E-state index in [1.54, 1.807) is 6.07 Å². The molecule has 0 aliphatic rings. The van der Waals surface area contributed by atoms with Crippen molar-refractivity contribution < 1.29 is 14.3 Å². The molecule has 0 aromatic heterocycles. The molecule has 0 spiro atoms. The number of hydrogen-bond donors (Lipinski definition) is 2. The van der Waals surface area contributed by atoms with Crippen LogP contribution in [0.25, 0.3) is 0 Å². The lowest BCUT2D eigenvalue weighted by molar-refractivity contribution is 0.209. The smallest absolute Gasteiger partial charge is 0.409 e. The summed E-state index contributed by atoms with van der Waals surface area (Å²) < 4.78 is 13.1. The second-order valence-corrected chi connectivity index (χ2v) is 2.94. The number of anilines is 1. The van der Waals surface area contributed by atoms with Gasteiger partial charge in [-0.2, -0.15) is 0 Å². The molecule has 0 fully saturated rings. The Hall–Kier alpha value is -1.10. The van der Waals surface area contributed by atoms with Crippen molar-refractivity contribution in [3.8, 4) is 0 Å². The van der Waals surface area contributed by atoms with Crippen LogP contribution in [0.3, 0.4) is 0 Å². The summed E-state index contributed by atoms with van der Waals surface area (Å²) in [6.07, 6.45) is -1.27. The van der Waals surface area contributed by atoms with E-state index in [1.807, 2.05) is 5.32 Å². The van der Waals surface area contributed by atoms with Crippen molar-refractivity contribution in [2.45, 2.75) is 5.33 Å². The average Bonchev–Trinajstić information content (AvgIpc) is 2.08. The highest BCUT2D eigenvalue weighted by Crippen LogP contribution is 2.17. The molecule has 1 amide bonds. The first-order valence-electron chi connectivity index (χ1n) is 3.48. The van der Waals surface area contributed by atoms with E-state index in [0.29, 0.717) is 5.33 Å². The van der Waals surface area contributed by atoms with Gasteiger partial charge < -0.3 is 5.11 Å². The fourth-order valence-corrected chi connectivity index (χ4v) is 1.21. The number of carboxylic acid groups (broad SMARTS) is 1. The van der Waals surface area contributed by atoms with E-state index >= 15 is 0 Å². The van der Waals surface area contributed by atoms with Gasteiger partial charge >= 0.3 is 6.09 Å². The number of carbonyl (C=O) groups is 1. The molecule has 1 aromatic rings. The first-order valence-corrected chi connectivity index (χ1v) is 4.60. The van der Waals surface area contributed by atoms with Crippen LogP contribution in [0.4, 0.5) is 14.9 Å². The molecular weight excluding hydrogens is 241 g/mol. The lowest BCUT2D eigenvalue weighted by atomic mass is 10.2. The quantitative estimate of drug-likeness (QED) is 0.790. The summed E-state index contributed by atoms with van der Waals surface area (Å²) in [6.45, 7) is 0. The van der Waals surface area contributed by atoms with Crippen molar-refractivity contribution in [3.63, 3.8) is 0 Å². The highest BCUT2D eigenvalue weighted by atomic mass is 79.9. The zero-order valence-electron chi connectivity index (χ0n) is 6.55. The topological polar surface area (TPSA) is 49.3 Å². The van der Waals surface area contributed by atoms with Gasteiger partial charge in [-0.3, -0.25) is 5.32 Å². The van der Waals surface area contributed by atoms with Gasteiger partial charge in [-0.1, -0.05) is 22.0 Å². The Balaban J connectivity index is 2.91. The summed E-state index contributed by atoms with van der Waals surface area (Å²) in [6, 6.07) is 4.31. The van der Waals surface area contributed by atoms with Crippen molar-refractivity contribution >= 4 is 27.7 Å². The van der Waals surface area contributed by atoms with Gasteiger partial charge in [-0.05, 0) is 17.7 Å². The van der Waals surface area contributed by atoms with Crippen molar-refractivity contribution in [3.05, 3.63) is 29.6 Å². The Morgan fingerprint density at radius 1 is 1.62 bits per heavy atom. The van der Waals surface area contributed by atoms with Crippen LogP contribution in [0.15, 0.2) is 18.2 Å². The number of alkyl halides is 1. The lowest BCUT2D eigenvalue weighted by Crippen LogP contribution is -2.08. The highest BCUT2D eigenvalue weighted by Gasteiger charge is 2.05. The van der Waals surface area contributed by atoms with Gasteiger partial charge in [0.2, 0.25) is 0 Å². The summed E-state index contributed by atoms with van der Waals surface area (Å²) in [7, 11) is 0. The number of benzene rings is 1. The second kappa shape index (κ2) is 4.23. The molecule has 3 nitrogen and oxygen atoms in total. The van der Waals surface area contributed by atoms with E-state index in [1.165, 1.54) is 12.1 Å². The van der Waals surface area contributed by atoms with Crippen LogP contribution in [0.1, 0.15) is 5.56 Å². The van der Waals surface area contributed by atoms with Gasteiger partial charge in [0.1, 0.15) is 5.82 Å². The predicted octanol–water partition coefficient (Wildman–Crippen LogP) is 2.81. The number of amides is 1. The summed E-state index contributed by atoms with van der Waals surface area (Å²) in [4.78, 5) is 10.2. The molecule has 13 heavy (non-hydrogen) atoms. The Kier molecular flexibility index (Phi) is 3.25. The Labute approximate surface area is 82.7 Å². The number of rotatable bonds is 2. The molecule has 0 bridgehead atoms. The summed E-state index contributed by atoms with van der Waals surface area (Å²) in [5.74, 6) is -0.570. The summed E-state index contributed by atoms with van der Waals surface area (Å²) >= 11 is 3.16. The fraction of sp³-hybridized carbons (Fsp3) is 0.125. The molecule has 70 valence electrons. The molecule has 0 radical (unpaired) electrons. The van der Waals surface area contributed by atoms with Crippen molar-refractivity contribution in [2.24, 2.45) is 0 Å². The third-order valence-electron chi connectivity index (χ3n) is 1.43. The van der Waals surface area contributed by atoms with Crippen molar-refractivity contribution in [2.75, 3.05) is 5.32 Å². The maximum Gasteiger partial charge on any atom is 0.409 e. The highest BCUT2D eigenvalue weighted by molar-refractivity contribution is 9.08.